The van der Waals surface area contributed by atoms with Crippen LogP contribution in [0.3, 0.4) is 0 Å². The van der Waals surface area contributed by atoms with Crippen molar-refractivity contribution in [3.63, 3.8) is 0 Å². The van der Waals surface area contributed by atoms with Crippen molar-refractivity contribution in [3.05, 3.63) is 59.4 Å². The Bertz CT molecular complexity index is 674. The molecule has 0 aliphatic rings. The van der Waals surface area contributed by atoms with E-state index in [1.54, 1.807) is 6.07 Å². The van der Waals surface area contributed by atoms with Crippen molar-refractivity contribution in [2.75, 3.05) is 17.2 Å². The lowest BCUT2D eigenvalue weighted by Crippen LogP contribution is -2.22. The summed E-state index contributed by atoms with van der Waals surface area (Å²) in [7, 11) is 0. The number of carbonyl (C=O) groups excluding carboxylic acids is 1. The number of nitrogens with one attached hydrogen (secondary N) is 2. The molecule has 0 unspecified atom stereocenters. The van der Waals surface area contributed by atoms with Gasteiger partial charge in [-0.15, -0.1) is 0 Å². The second kappa shape index (κ2) is 6.30. The Balaban J connectivity index is 2.00. The number of benzene rings is 2. The van der Waals surface area contributed by atoms with Crippen molar-refractivity contribution < 1.29 is 18.0 Å². The molecule has 0 atom stereocenters. The molecule has 0 saturated carbocycles. The fourth-order valence-electron chi connectivity index (χ4n) is 1.76. The number of halogens is 3. The van der Waals surface area contributed by atoms with Crippen molar-refractivity contribution >= 4 is 17.3 Å². The molecule has 2 aromatic rings. The molecule has 1 amide bonds. The van der Waals surface area contributed by atoms with Gasteiger partial charge < -0.3 is 10.6 Å². The molecule has 0 aliphatic carbocycles. The second-order valence-electron chi connectivity index (χ2n) is 4.44. The highest BCUT2D eigenvalue weighted by atomic mass is 19.2. The quantitative estimate of drug-likeness (QED) is 0.848. The van der Waals surface area contributed by atoms with Crippen LogP contribution in [0.1, 0.15) is 5.56 Å². The number of hydrogen-bond donors (Lipinski definition) is 2. The average molecular weight is 294 g/mol. The Morgan fingerprint density at radius 3 is 2.43 bits per heavy atom. The Kier molecular flexibility index (Phi) is 4.47. The van der Waals surface area contributed by atoms with Gasteiger partial charge in [0.2, 0.25) is 5.91 Å². The van der Waals surface area contributed by atoms with Gasteiger partial charge in [0.05, 0.1) is 12.2 Å². The lowest BCUT2D eigenvalue weighted by atomic mass is 10.2. The van der Waals surface area contributed by atoms with Gasteiger partial charge in [0.15, 0.2) is 17.5 Å². The zero-order valence-electron chi connectivity index (χ0n) is 11.2. The zero-order chi connectivity index (χ0) is 15.4. The largest absolute Gasteiger partial charge is 0.376 e. The zero-order valence-corrected chi connectivity index (χ0v) is 11.2. The van der Waals surface area contributed by atoms with E-state index in [1.807, 2.05) is 25.1 Å². The van der Waals surface area contributed by atoms with Crippen molar-refractivity contribution in [3.8, 4) is 0 Å². The Labute approximate surface area is 119 Å². The molecule has 0 fully saturated rings. The molecule has 0 radical (unpaired) electrons. The van der Waals surface area contributed by atoms with E-state index in [9.17, 15) is 18.0 Å². The summed E-state index contributed by atoms with van der Waals surface area (Å²) in [6, 6.07) is 9.05. The first-order valence-corrected chi connectivity index (χ1v) is 6.22. The summed E-state index contributed by atoms with van der Waals surface area (Å²) in [4.78, 5) is 11.7. The first-order valence-electron chi connectivity index (χ1n) is 6.22. The summed E-state index contributed by atoms with van der Waals surface area (Å²) < 4.78 is 39.2. The molecule has 0 spiro atoms. The number of amides is 1. The summed E-state index contributed by atoms with van der Waals surface area (Å²) in [5.74, 6) is -4.90. The first kappa shape index (κ1) is 14.9. The fraction of sp³-hybridized carbons (Fsp3) is 0.133. The van der Waals surface area contributed by atoms with Crippen molar-refractivity contribution in [2.45, 2.75) is 6.92 Å². The maximum atomic E-state index is 13.4. The normalized spacial score (nSPS) is 10.3. The van der Waals surface area contributed by atoms with E-state index in [1.165, 1.54) is 0 Å². The molecule has 2 rings (SSSR count). The van der Waals surface area contributed by atoms with E-state index in [0.717, 1.165) is 23.4 Å². The maximum absolute atomic E-state index is 13.4. The Hall–Kier alpha value is -2.50. The second-order valence-corrected chi connectivity index (χ2v) is 4.44. The monoisotopic (exact) mass is 294 g/mol. The van der Waals surface area contributed by atoms with Gasteiger partial charge in [0.1, 0.15) is 0 Å². The van der Waals surface area contributed by atoms with Crippen molar-refractivity contribution in [2.24, 2.45) is 0 Å². The Morgan fingerprint density at radius 1 is 1.00 bits per heavy atom. The summed E-state index contributed by atoms with van der Waals surface area (Å²) >= 11 is 0. The predicted octanol–water partition coefficient (Wildman–Crippen LogP) is 3.46. The SMILES string of the molecule is Cc1ccccc1NCC(=O)Nc1ccc(F)c(F)c1F. The topological polar surface area (TPSA) is 41.1 Å². The standard InChI is InChI=1S/C15H13F3N2O/c1-9-4-2-3-5-11(9)19-8-13(21)20-12-7-6-10(16)14(17)15(12)18/h2-7,19H,8H2,1H3,(H,20,21). The molecule has 110 valence electrons. The minimum Gasteiger partial charge on any atom is -0.376 e. The number of para-hydroxylation sites is 1. The predicted molar refractivity (Wildman–Crippen MR) is 74.6 cm³/mol. The third-order valence-corrected chi connectivity index (χ3v) is 2.89. The van der Waals surface area contributed by atoms with Crippen LogP contribution in [0.15, 0.2) is 36.4 Å². The smallest absolute Gasteiger partial charge is 0.243 e. The third-order valence-electron chi connectivity index (χ3n) is 2.89. The van der Waals surface area contributed by atoms with Crippen molar-refractivity contribution in [1.29, 1.82) is 0 Å². The van der Waals surface area contributed by atoms with Gasteiger partial charge in [-0.25, -0.2) is 13.2 Å². The van der Waals surface area contributed by atoms with E-state index >= 15 is 0 Å². The molecule has 0 aromatic heterocycles. The van der Waals surface area contributed by atoms with Gasteiger partial charge in [-0.2, -0.15) is 0 Å². The fourth-order valence-corrected chi connectivity index (χ4v) is 1.76. The van der Waals surface area contributed by atoms with E-state index in [0.29, 0.717) is 0 Å². The van der Waals surface area contributed by atoms with Gasteiger partial charge in [-0.1, -0.05) is 18.2 Å². The summed E-state index contributed by atoms with van der Waals surface area (Å²) in [5, 5.41) is 5.06. The van der Waals surface area contributed by atoms with Crippen LogP contribution in [0.4, 0.5) is 24.5 Å². The molecule has 0 aliphatic heterocycles. The molecule has 0 saturated heterocycles. The molecule has 2 N–H and O–H groups in total. The van der Waals surface area contributed by atoms with Gasteiger partial charge >= 0.3 is 0 Å². The van der Waals surface area contributed by atoms with Crippen LogP contribution in [0.25, 0.3) is 0 Å². The van der Waals surface area contributed by atoms with E-state index in [2.05, 4.69) is 10.6 Å². The molecule has 6 heteroatoms. The molecule has 3 nitrogen and oxygen atoms in total. The number of anilines is 2. The maximum Gasteiger partial charge on any atom is 0.243 e. The number of aryl methyl sites for hydroxylation is 1. The van der Waals surface area contributed by atoms with Crippen LogP contribution in [0, 0.1) is 24.4 Å². The lowest BCUT2D eigenvalue weighted by molar-refractivity contribution is -0.114. The number of hydrogen-bond acceptors (Lipinski definition) is 2. The summed E-state index contributed by atoms with van der Waals surface area (Å²) in [5.41, 5.74) is 1.31. The van der Waals surface area contributed by atoms with Gasteiger partial charge in [0, 0.05) is 5.69 Å². The van der Waals surface area contributed by atoms with Gasteiger partial charge in [0.25, 0.3) is 0 Å². The Morgan fingerprint density at radius 2 is 1.71 bits per heavy atom. The molecule has 2 aromatic carbocycles. The lowest BCUT2D eigenvalue weighted by Gasteiger charge is -2.10. The van der Waals surface area contributed by atoms with Gasteiger partial charge in [-0.3, -0.25) is 4.79 Å². The average Bonchev–Trinajstić information content (AvgIpc) is 2.47. The minimum atomic E-state index is -1.61. The molecule has 21 heavy (non-hydrogen) atoms. The van der Waals surface area contributed by atoms with E-state index in [-0.39, 0.29) is 6.54 Å². The third kappa shape index (κ3) is 3.53. The van der Waals surface area contributed by atoms with Crippen LogP contribution in [-0.2, 0) is 4.79 Å². The molecule has 0 heterocycles. The van der Waals surface area contributed by atoms with E-state index in [4.69, 9.17) is 0 Å². The molecular weight excluding hydrogens is 281 g/mol. The minimum absolute atomic E-state index is 0.122. The summed E-state index contributed by atoms with van der Waals surface area (Å²) in [6.45, 7) is 1.75. The molecule has 0 bridgehead atoms. The highest BCUT2D eigenvalue weighted by Gasteiger charge is 2.15. The number of rotatable bonds is 4. The van der Waals surface area contributed by atoms with E-state index < -0.39 is 29.0 Å². The highest BCUT2D eigenvalue weighted by Crippen LogP contribution is 2.19. The van der Waals surface area contributed by atoms with Crippen LogP contribution in [-0.4, -0.2) is 12.5 Å². The summed E-state index contributed by atoms with van der Waals surface area (Å²) in [6.07, 6.45) is 0. The highest BCUT2D eigenvalue weighted by molar-refractivity contribution is 5.93. The van der Waals surface area contributed by atoms with Crippen LogP contribution in [0.2, 0.25) is 0 Å². The first-order chi connectivity index (χ1) is 9.99. The molecular formula is C15H13F3N2O. The van der Waals surface area contributed by atoms with Crippen molar-refractivity contribution in [1.82, 2.24) is 0 Å². The van der Waals surface area contributed by atoms with Crippen LogP contribution >= 0.6 is 0 Å². The van der Waals surface area contributed by atoms with Crippen LogP contribution < -0.4 is 10.6 Å². The van der Waals surface area contributed by atoms with Gasteiger partial charge in [-0.05, 0) is 30.7 Å². The number of carbonyl (C=O) groups is 1. The van der Waals surface area contributed by atoms with Crippen LogP contribution in [0.5, 0.6) is 0 Å².